The summed E-state index contributed by atoms with van der Waals surface area (Å²) in [4.78, 5) is 10.8. The van der Waals surface area contributed by atoms with Crippen LogP contribution in [-0.2, 0) is 9.53 Å². The van der Waals surface area contributed by atoms with Crippen LogP contribution in [0.3, 0.4) is 0 Å². The van der Waals surface area contributed by atoms with E-state index in [9.17, 15) is 4.79 Å². The van der Waals surface area contributed by atoms with E-state index >= 15 is 0 Å². The summed E-state index contributed by atoms with van der Waals surface area (Å²) in [7, 11) is 0. The lowest BCUT2D eigenvalue weighted by molar-refractivity contribution is -0.116. The molecule has 1 atom stereocenters. The molecule has 0 heterocycles. The normalized spacial score (nSPS) is 12.5. The summed E-state index contributed by atoms with van der Waals surface area (Å²) in [6.07, 6.45) is 1.81. The van der Waals surface area contributed by atoms with Gasteiger partial charge in [0.25, 0.3) is 0 Å². The first-order valence-corrected chi connectivity index (χ1v) is 3.72. The molecule has 0 aliphatic carbocycles. The SMILES string of the molecule is C=CC(=O)C(N)CCOCC. The lowest BCUT2D eigenvalue weighted by Crippen LogP contribution is -2.30. The third kappa shape index (κ3) is 4.70. The van der Waals surface area contributed by atoms with E-state index in [0.29, 0.717) is 19.6 Å². The van der Waals surface area contributed by atoms with Crippen LogP contribution in [0.4, 0.5) is 0 Å². The molecule has 2 N–H and O–H groups in total. The lowest BCUT2D eigenvalue weighted by atomic mass is 10.1. The van der Waals surface area contributed by atoms with E-state index in [0.717, 1.165) is 0 Å². The van der Waals surface area contributed by atoms with Crippen molar-refractivity contribution >= 4 is 5.78 Å². The largest absolute Gasteiger partial charge is 0.382 e. The van der Waals surface area contributed by atoms with E-state index in [4.69, 9.17) is 10.5 Å². The van der Waals surface area contributed by atoms with Gasteiger partial charge < -0.3 is 10.5 Å². The molecule has 64 valence electrons. The van der Waals surface area contributed by atoms with E-state index in [-0.39, 0.29) is 5.78 Å². The first-order valence-electron chi connectivity index (χ1n) is 3.72. The molecule has 0 aromatic carbocycles. The summed E-state index contributed by atoms with van der Waals surface area (Å²) in [6, 6.07) is -0.445. The minimum atomic E-state index is -0.445. The van der Waals surface area contributed by atoms with Crippen LogP contribution < -0.4 is 5.73 Å². The van der Waals surface area contributed by atoms with Crippen LogP contribution in [0.5, 0.6) is 0 Å². The van der Waals surface area contributed by atoms with Gasteiger partial charge >= 0.3 is 0 Å². The minimum absolute atomic E-state index is 0.121. The van der Waals surface area contributed by atoms with Gasteiger partial charge in [-0.1, -0.05) is 6.58 Å². The minimum Gasteiger partial charge on any atom is -0.382 e. The number of hydrogen-bond donors (Lipinski definition) is 1. The molecular formula is C8H15NO2. The lowest BCUT2D eigenvalue weighted by Gasteiger charge is -2.06. The van der Waals surface area contributed by atoms with Crippen LogP contribution in [0.15, 0.2) is 12.7 Å². The molecule has 0 amide bonds. The molecule has 0 aliphatic rings. The molecule has 1 unspecified atom stereocenters. The Morgan fingerprint density at radius 1 is 1.82 bits per heavy atom. The predicted molar refractivity (Wildman–Crippen MR) is 44.3 cm³/mol. The highest BCUT2D eigenvalue weighted by Gasteiger charge is 2.08. The smallest absolute Gasteiger partial charge is 0.171 e. The highest BCUT2D eigenvalue weighted by atomic mass is 16.5. The maximum absolute atomic E-state index is 10.8. The topological polar surface area (TPSA) is 52.3 Å². The van der Waals surface area contributed by atoms with E-state index in [2.05, 4.69) is 6.58 Å². The molecule has 11 heavy (non-hydrogen) atoms. The first kappa shape index (κ1) is 10.3. The molecule has 3 heteroatoms. The van der Waals surface area contributed by atoms with Gasteiger partial charge in [-0.05, 0) is 19.4 Å². The average Bonchev–Trinajstić information content (AvgIpc) is 2.03. The van der Waals surface area contributed by atoms with Crippen molar-refractivity contribution in [1.82, 2.24) is 0 Å². The fraction of sp³-hybridized carbons (Fsp3) is 0.625. The first-order chi connectivity index (χ1) is 5.22. The van der Waals surface area contributed by atoms with E-state index in [1.165, 1.54) is 6.08 Å². The molecule has 0 spiro atoms. The Kier molecular flexibility index (Phi) is 5.70. The van der Waals surface area contributed by atoms with Crippen molar-refractivity contribution in [1.29, 1.82) is 0 Å². The second kappa shape index (κ2) is 6.07. The number of carbonyl (C=O) groups is 1. The quantitative estimate of drug-likeness (QED) is 0.451. The Bertz CT molecular complexity index is 134. The third-order valence-corrected chi connectivity index (χ3v) is 1.34. The Hall–Kier alpha value is -0.670. The number of nitrogens with two attached hydrogens (primary N) is 1. The zero-order chi connectivity index (χ0) is 8.69. The van der Waals surface area contributed by atoms with Gasteiger partial charge in [-0.25, -0.2) is 0 Å². The van der Waals surface area contributed by atoms with Crippen LogP contribution in [0.25, 0.3) is 0 Å². The van der Waals surface area contributed by atoms with E-state index in [1.807, 2.05) is 6.92 Å². The monoisotopic (exact) mass is 157 g/mol. The molecule has 3 nitrogen and oxygen atoms in total. The van der Waals surface area contributed by atoms with Crippen molar-refractivity contribution in [2.45, 2.75) is 19.4 Å². The number of ketones is 1. The predicted octanol–water partition coefficient (Wildman–Crippen LogP) is 0.495. The van der Waals surface area contributed by atoms with Crippen LogP contribution in [0, 0.1) is 0 Å². The molecule has 0 saturated heterocycles. The second-order valence-corrected chi connectivity index (χ2v) is 2.20. The van der Waals surface area contributed by atoms with Crippen molar-refractivity contribution in [3.8, 4) is 0 Å². The van der Waals surface area contributed by atoms with Crippen LogP contribution >= 0.6 is 0 Å². The zero-order valence-electron chi connectivity index (χ0n) is 6.88. The van der Waals surface area contributed by atoms with E-state index < -0.39 is 6.04 Å². The van der Waals surface area contributed by atoms with Gasteiger partial charge in [0, 0.05) is 13.2 Å². The zero-order valence-corrected chi connectivity index (χ0v) is 6.88. The van der Waals surface area contributed by atoms with Crippen molar-refractivity contribution in [2.75, 3.05) is 13.2 Å². The van der Waals surface area contributed by atoms with Gasteiger partial charge in [-0.2, -0.15) is 0 Å². The van der Waals surface area contributed by atoms with E-state index in [1.54, 1.807) is 0 Å². The van der Waals surface area contributed by atoms with Gasteiger partial charge in [0.05, 0.1) is 6.04 Å². The maximum atomic E-state index is 10.8. The van der Waals surface area contributed by atoms with Gasteiger partial charge in [0.2, 0.25) is 0 Å². The third-order valence-electron chi connectivity index (χ3n) is 1.34. The van der Waals surface area contributed by atoms with Crippen molar-refractivity contribution in [3.05, 3.63) is 12.7 Å². The fourth-order valence-electron chi connectivity index (χ4n) is 0.648. The summed E-state index contributed by atoms with van der Waals surface area (Å²) in [6.45, 7) is 6.44. The highest BCUT2D eigenvalue weighted by Crippen LogP contribution is 1.91. The van der Waals surface area contributed by atoms with Crippen LogP contribution in [-0.4, -0.2) is 25.0 Å². The summed E-state index contributed by atoms with van der Waals surface area (Å²) in [5, 5.41) is 0. The Balaban J connectivity index is 3.43. The van der Waals surface area contributed by atoms with Crippen molar-refractivity contribution < 1.29 is 9.53 Å². The molecule has 0 aromatic rings. The van der Waals surface area contributed by atoms with Gasteiger partial charge in [-0.3, -0.25) is 4.79 Å². The Morgan fingerprint density at radius 2 is 2.45 bits per heavy atom. The number of ether oxygens (including phenoxy) is 1. The molecule has 0 aromatic heterocycles. The molecule has 0 bridgehead atoms. The molecule has 0 aliphatic heterocycles. The fourth-order valence-corrected chi connectivity index (χ4v) is 0.648. The van der Waals surface area contributed by atoms with Crippen LogP contribution in [0.1, 0.15) is 13.3 Å². The molecular weight excluding hydrogens is 142 g/mol. The average molecular weight is 157 g/mol. The van der Waals surface area contributed by atoms with Crippen molar-refractivity contribution in [2.24, 2.45) is 5.73 Å². The second-order valence-electron chi connectivity index (χ2n) is 2.20. The van der Waals surface area contributed by atoms with Crippen molar-refractivity contribution in [3.63, 3.8) is 0 Å². The standard InChI is InChI=1S/C8H15NO2/c1-3-8(10)7(9)5-6-11-4-2/h3,7H,1,4-6,9H2,2H3. The maximum Gasteiger partial charge on any atom is 0.171 e. The molecule has 0 rings (SSSR count). The highest BCUT2D eigenvalue weighted by molar-refractivity contribution is 5.93. The summed E-state index contributed by atoms with van der Waals surface area (Å²) in [5.41, 5.74) is 5.47. The number of carbonyl (C=O) groups excluding carboxylic acids is 1. The number of hydrogen-bond acceptors (Lipinski definition) is 3. The molecule has 0 fully saturated rings. The molecule has 0 radical (unpaired) electrons. The van der Waals surface area contributed by atoms with Gasteiger partial charge in [0.15, 0.2) is 5.78 Å². The molecule has 0 saturated carbocycles. The summed E-state index contributed by atoms with van der Waals surface area (Å²) < 4.78 is 5.03. The summed E-state index contributed by atoms with van der Waals surface area (Å²) in [5.74, 6) is -0.121. The van der Waals surface area contributed by atoms with Gasteiger partial charge in [-0.15, -0.1) is 0 Å². The Morgan fingerprint density at radius 3 is 2.91 bits per heavy atom. The Labute approximate surface area is 67.2 Å². The van der Waals surface area contributed by atoms with Gasteiger partial charge in [0.1, 0.15) is 0 Å². The summed E-state index contributed by atoms with van der Waals surface area (Å²) >= 11 is 0. The van der Waals surface area contributed by atoms with Crippen LogP contribution in [0.2, 0.25) is 0 Å². The number of rotatable bonds is 6.